The van der Waals surface area contributed by atoms with Crippen LogP contribution in [-0.4, -0.2) is 19.3 Å². The van der Waals surface area contributed by atoms with Crippen molar-refractivity contribution in [3.63, 3.8) is 0 Å². The second-order valence-electron chi connectivity index (χ2n) is 6.12. The third kappa shape index (κ3) is 4.51. The molecule has 0 aliphatic heterocycles. The molecule has 6 nitrogen and oxygen atoms in total. The van der Waals surface area contributed by atoms with Gasteiger partial charge in [-0.25, -0.2) is 8.42 Å². The maximum absolute atomic E-state index is 12.6. The number of rotatable bonds is 5. The zero-order valence-electron chi connectivity index (χ0n) is 14.9. The van der Waals surface area contributed by atoms with Crippen LogP contribution < -0.4 is 10.0 Å². The van der Waals surface area contributed by atoms with Crippen LogP contribution in [0.2, 0.25) is 0 Å². The summed E-state index contributed by atoms with van der Waals surface area (Å²) in [5.41, 5.74) is 3.11. The molecule has 0 radical (unpaired) electrons. The third-order valence-corrected chi connectivity index (χ3v) is 5.34. The van der Waals surface area contributed by atoms with E-state index >= 15 is 0 Å². The van der Waals surface area contributed by atoms with Gasteiger partial charge >= 0.3 is 0 Å². The second kappa shape index (κ2) is 7.59. The van der Waals surface area contributed by atoms with E-state index < -0.39 is 10.0 Å². The predicted octanol–water partition coefficient (Wildman–Crippen LogP) is 3.75. The SMILES string of the molecule is Cc1ccc(C)c(NS(=O)(=O)c2ccc(NC(=O)c3ccccn3)cc2)c1. The maximum atomic E-state index is 12.6. The number of nitrogens with zero attached hydrogens (tertiary/aromatic N) is 1. The number of aryl methyl sites for hydroxylation is 2. The van der Waals surface area contributed by atoms with Crippen molar-refractivity contribution in [1.29, 1.82) is 0 Å². The highest BCUT2D eigenvalue weighted by Gasteiger charge is 2.16. The fraction of sp³-hybridized carbons (Fsp3) is 0.100. The molecular formula is C20H19N3O3S. The smallest absolute Gasteiger partial charge is 0.274 e. The number of amides is 1. The van der Waals surface area contributed by atoms with Crippen LogP contribution in [0.3, 0.4) is 0 Å². The molecule has 3 rings (SSSR count). The van der Waals surface area contributed by atoms with Gasteiger partial charge in [0.1, 0.15) is 5.69 Å². The topological polar surface area (TPSA) is 88.2 Å². The van der Waals surface area contributed by atoms with Crippen molar-refractivity contribution in [2.24, 2.45) is 0 Å². The molecule has 27 heavy (non-hydrogen) atoms. The average Bonchev–Trinajstić information content (AvgIpc) is 2.65. The molecule has 0 saturated heterocycles. The highest BCUT2D eigenvalue weighted by atomic mass is 32.2. The molecule has 0 atom stereocenters. The van der Waals surface area contributed by atoms with Crippen molar-refractivity contribution in [2.45, 2.75) is 18.7 Å². The molecule has 0 aliphatic rings. The van der Waals surface area contributed by atoms with Gasteiger partial charge in [-0.15, -0.1) is 0 Å². The van der Waals surface area contributed by atoms with Crippen LogP contribution in [0.4, 0.5) is 11.4 Å². The van der Waals surface area contributed by atoms with Gasteiger partial charge in [0.2, 0.25) is 0 Å². The molecule has 0 bridgehead atoms. The van der Waals surface area contributed by atoms with Crippen molar-refractivity contribution in [3.8, 4) is 0 Å². The fourth-order valence-corrected chi connectivity index (χ4v) is 3.58. The Hall–Kier alpha value is -3.19. The lowest BCUT2D eigenvalue weighted by atomic mass is 10.1. The van der Waals surface area contributed by atoms with Gasteiger partial charge < -0.3 is 5.32 Å². The molecule has 1 aromatic heterocycles. The van der Waals surface area contributed by atoms with Crippen LogP contribution in [-0.2, 0) is 10.0 Å². The first kappa shape index (κ1) is 18.6. The van der Waals surface area contributed by atoms with Crippen molar-refractivity contribution in [2.75, 3.05) is 10.0 Å². The third-order valence-electron chi connectivity index (χ3n) is 3.96. The maximum Gasteiger partial charge on any atom is 0.274 e. The van der Waals surface area contributed by atoms with Gasteiger partial charge in [-0.3, -0.25) is 14.5 Å². The summed E-state index contributed by atoms with van der Waals surface area (Å²) in [6.07, 6.45) is 1.53. The summed E-state index contributed by atoms with van der Waals surface area (Å²) in [5, 5.41) is 2.69. The van der Waals surface area contributed by atoms with E-state index in [4.69, 9.17) is 0 Å². The Morgan fingerprint density at radius 2 is 1.70 bits per heavy atom. The number of sulfonamides is 1. The van der Waals surface area contributed by atoms with E-state index in [1.807, 2.05) is 26.0 Å². The fourth-order valence-electron chi connectivity index (χ4n) is 2.46. The van der Waals surface area contributed by atoms with Crippen LogP contribution in [0, 0.1) is 13.8 Å². The Morgan fingerprint density at radius 3 is 2.37 bits per heavy atom. The van der Waals surface area contributed by atoms with Gasteiger partial charge in [0, 0.05) is 11.9 Å². The molecule has 7 heteroatoms. The van der Waals surface area contributed by atoms with Crippen molar-refractivity contribution < 1.29 is 13.2 Å². The highest BCUT2D eigenvalue weighted by Crippen LogP contribution is 2.22. The minimum atomic E-state index is -3.73. The molecule has 138 valence electrons. The van der Waals surface area contributed by atoms with E-state index in [2.05, 4.69) is 15.0 Å². The molecule has 0 unspecified atom stereocenters. The van der Waals surface area contributed by atoms with E-state index in [0.29, 0.717) is 11.4 Å². The van der Waals surface area contributed by atoms with Crippen molar-refractivity contribution in [3.05, 3.63) is 83.7 Å². The van der Waals surface area contributed by atoms with Gasteiger partial charge in [0.25, 0.3) is 15.9 Å². The molecule has 2 aromatic carbocycles. The summed E-state index contributed by atoms with van der Waals surface area (Å²) in [7, 11) is -3.73. The van der Waals surface area contributed by atoms with Crippen LogP contribution >= 0.6 is 0 Å². The molecule has 0 aliphatic carbocycles. The zero-order valence-corrected chi connectivity index (χ0v) is 15.7. The van der Waals surface area contributed by atoms with E-state index in [-0.39, 0.29) is 16.5 Å². The summed E-state index contributed by atoms with van der Waals surface area (Å²) >= 11 is 0. The second-order valence-corrected chi connectivity index (χ2v) is 7.80. The average molecular weight is 381 g/mol. The molecule has 3 aromatic rings. The van der Waals surface area contributed by atoms with Gasteiger partial charge in [0.15, 0.2) is 0 Å². The summed E-state index contributed by atoms with van der Waals surface area (Å²) in [6.45, 7) is 3.74. The first-order valence-electron chi connectivity index (χ1n) is 8.28. The summed E-state index contributed by atoms with van der Waals surface area (Å²) in [6, 6.07) is 16.6. The summed E-state index contributed by atoms with van der Waals surface area (Å²) in [4.78, 5) is 16.2. The number of nitrogens with one attached hydrogen (secondary N) is 2. The first-order chi connectivity index (χ1) is 12.8. The van der Waals surface area contributed by atoms with E-state index in [1.165, 1.54) is 18.3 Å². The number of hydrogen-bond donors (Lipinski definition) is 2. The predicted molar refractivity (Wildman–Crippen MR) is 105 cm³/mol. The molecule has 0 fully saturated rings. The van der Waals surface area contributed by atoms with Crippen LogP contribution in [0.25, 0.3) is 0 Å². The number of aromatic nitrogens is 1. The largest absolute Gasteiger partial charge is 0.321 e. The van der Waals surface area contributed by atoms with Gasteiger partial charge in [-0.05, 0) is 67.4 Å². The van der Waals surface area contributed by atoms with Gasteiger partial charge in [-0.2, -0.15) is 0 Å². The Balaban J connectivity index is 1.76. The van der Waals surface area contributed by atoms with Gasteiger partial charge in [0.05, 0.1) is 10.6 Å². The van der Waals surface area contributed by atoms with Crippen molar-refractivity contribution in [1.82, 2.24) is 4.98 Å². The lowest BCUT2D eigenvalue weighted by Crippen LogP contribution is -2.15. The Bertz CT molecular complexity index is 1060. The molecule has 1 heterocycles. The van der Waals surface area contributed by atoms with E-state index in [1.54, 1.807) is 36.4 Å². The molecule has 0 spiro atoms. The molecule has 2 N–H and O–H groups in total. The number of carbonyl (C=O) groups excluding carboxylic acids is 1. The van der Waals surface area contributed by atoms with E-state index in [9.17, 15) is 13.2 Å². The zero-order chi connectivity index (χ0) is 19.4. The van der Waals surface area contributed by atoms with Gasteiger partial charge in [-0.1, -0.05) is 18.2 Å². The minimum Gasteiger partial charge on any atom is -0.321 e. The number of hydrogen-bond acceptors (Lipinski definition) is 4. The number of anilines is 2. The number of benzene rings is 2. The molecular weight excluding hydrogens is 362 g/mol. The highest BCUT2D eigenvalue weighted by molar-refractivity contribution is 7.92. The molecule has 0 saturated carbocycles. The first-order valence-corrected chi connectivity index (χ1v) is 9.76. The normalized spacial score (nSPS) is 11.0. The lowest BCUT2D eigenvalue weighted by molar-refractivity contribution is 0.102. The Labute approximate surface area is 158 Å². The number of pyridine rings is 1. The lowest BCUT2D eigenvalue weighted by Gasteiger charge is -2.12. The van der Waals surface area contributed by atoms with Crippen LogP contribution in [0.1, 0.15) is 21.6 Å². The Kier molecular flexibility index (Phi) is 5.23. The van der Waals surface area contributed by atoms with Crippen LogP contribution in [0.5, 0.6) is 0 Å². The van der Waals surface area contributed by atoms with E-state index in [0.717, 1.165) is 11.1 Å². The standard InChI is InChI=1S/C20H19N3O3S/c1-14-6-7-15(2)19(13-14)23-27(25,26)17-10-8-16(9-11-17)22-20(24)18-5-3-4-12-21-18/h3-13,23H,1-2H3,(H,22,24). The number of carbonyl (C=O) groups is 1. The Morgan fingerprint density at radius 1 is 0.963 bits per heavy atom. The monoisotopic (exact) mass is 381 g/mol. The quantitative estimate of drug-likeness (QED) is 0.704. The summed E-state index contributed by atoms with van der Waals surface area (Å²) in [5.74, 6) is -0.361. The summed E-state index contributed by atoms with van der Waals surface area (Å²) < 4.78 is 27.8. The van der Waals surface area contributed by atoms with Crippen molar-refractivity contribution >= 4 is 27.3 Å². The van der Waals surface area contributed by atoms with Crippen LogP contribution in [0.15, 0.2) is 71.8 Å². The molecule has 1 amide bonds. The minimum absolute atomic E-state index is 0.110.